The summed E-state index contributed by atoms with van der Waals surface area (Å²) < 4.78 is 73.0. The van der Waals surface area contributed by atoms with Crippen molar-refractivity contribution in [3.8, 4) is 5.75 Å². The van der Waals surface area contributed by atoms with Gasteiger partial charge in [-0.15, -0.1) is 13.2 Å². The Bertz CT molecular complexity index is 1760. The van der Waals surface area contributed by atoms with Crippen LogP contribution in [-0.2, 0) is 31.6 Å². The van der Waals surface area contributed by atoms with Gasteiger partial charge in [0.05, 0.1) is 17.5 Å². The minimum atomic E-state index is -4.90. The molecule has 0 unspecified atom stereocenters. The largest absolute Gasteiger partial charge is 0.573 e. The number of amides is 2. The first-order chi connectivity index (χ1) is 21.3. The predicted molar refractivity (Wildman–Crippen MR) is 163 cm³/mol. The summed E-state index contributed by atoms with van der Waals surface area (Å²) in [6.07, 6.45) is -3.35. The summed E-state index contributed by atoms with van der Waals surface area (Å²) in [5.74, 6) is -1.73. The molecule has 3 heterocycles. The molecule has 2 aliphatic heterocycles. The summed E-state index contributed by atoms with van der Waals surface area (Å²) in [6, 6.07) is 8.15. The summed E-state index contributed by atoms with van der Waals surface area (Å²) in [5.41, 5.74) is -2.30. The number of nitrogens with one attached hydrogen (secondary N) is 1. The molecule has 2 atom stereocenters. The SMILES string of the molecule is CC(C)(O)CNC(=O)[C@@H]1CCCN1S(=O)(=O)c1cnc2n1[C@](C)(Cc1ccc(OC(F)(F)F)cc1)C(=O)N2c1cc(Cl)cc(Cl)c1. The minimum absolute atomic E-state index is 0.0163. The third-order valence-electron chi connectivity index (χ3n) is 7.65. The predicted octanol–water partition coefficient (Wildman–Crippen LogP) is 4.76. The monoisotopic (exact) mass is 703 g/mol. The molecule has 3 aromatic rings. The van der Waals surface area contributed by atoms with Crippen LogP contribution in [0.1, 0.15) is 39.2 Å². The first kappa shape index (κ1) is 34.0. The molecule has 17 heteroatoms. The van der Waals surface area contributed by atoms with Crippen LogP contribution in [0.2, 0.25) is 10.0 Å². The van der Waals surface area contributed by atoms with Crippen molar-refractivity contribution in [3.05, 3.63) is 64.3 Å². The van der Waals surface area contributed by atoms with Gasteiger partial charge in [-0.3, -0.25) is 14.2 Å². The molecule has 5 rings (SSSR count). The van der Waals surface area contributed by atoms with Gasteiger partial charge in [0.1, 0.15) is 17.3 Å². The number of aliphatic hydroxyl groups is 1. The Morgan fingerprint density at radius 1 is 1.15 bits per heavy atom. The summed E-state index contributed by atoms with van der Waals surface area (Å²) in [7, 11) is -4.47. The molecule has 0 aliphatic carbocycles. The van der Waals surface area contributed by atoms with E-state index in [1.54, 1.807) is 0 Å². The second kappa shape index (κ2) is 12.0. The number of rotatable bonds is 9. The van der Waals surface area contributed by atoms with Crippen LogP contribution >= 0.6 is 23.2 Å². The highest BCUT2D eigenvalue weighted by Gasteiger charge is 2.53. The maximum absolute atomic E-state index is 14.3. The Kier molecular flexibility index (Phi) is 8.87. The zero-order chi connectivity index (χ0) is 33.8. The molecular formula is C29H30Cl2F3N5O6S. The summed E-state index contributed by atoms with van der Waals surface area (Å²) in [5, 5.41) is 12.7. The molecule has 0 saturated carbocycles. The minimum Gasteiger partial charge on any atom is -0.406 e. The van der Waals surface area contributed by atoms with Crippen LogP contribution in [0.3, 0.4) is 0 Å². The number of imidazole rings is 1. The number of carbonyl (C=O) groups excluding carboxylic acids is 2. The smallest absolute Gasteiger partial charge is 0.406 e. The number of benzene rings is 2. The van der Waals surface area contributed by atoms with E-state index >= 15 is 0 Å². The number of carbonyl (C=O) groups is 2. The van der Waals surface area contributed by atoms with E-state index in [0.717, 1.165) is 22.6 Å². The van der Waals surface area contributed by atoms with Crippen molar-refractivity contribution in [1.29, 1.82) is 0 Å². The topological polar surface area (TPSA) is 134 Å². The number of sulfonamides is 1. The van der Waals surface area contributed by atoms with E-state index in [-0.39, 0.29) is 52.6 Å². The third kappa shape index (κ3) is 6.69. The number of alkyl halides is 3. The van der Waals surface area contributed by atoms with E-state index in [4.69, 9.17) is 23.2 Å². The molecule has 11 nitrogen and oxygen atoms in total. The summed E-state index contributed by atoms with van der Waals surface area (Å²) in [6.45, 7) is 4.40. The van der Waals surface area contributed by atoms with Crippen molar-refractivity contribution in [1.82, 2.24) is 19.2 Å². The molecule has 0 spiro atoms. The third-order valence-corrected chi connectivity index (χ3v) is 9.96. The number of aromatic nitrogens is 2. The van der Waals surface area contributed by atoms with E-state index < -0.39 is 51.1 Å². The molecule has 2 N–H and O–H groups in total. The number of ether oxygens (including phenoxy) is 1. The van der Waals surface area contributed by atoms with Crippen LogP contribution in [0.15, 0.2) is 53.7 Å². The lowest BCUT2D eigenvalue weighted by Crippen LogP contribution is -2.49. The Balaban J connectivity index is 1.58. The fourth-order valence-corrected chi connectivity index (χ4v) is 8.01. The van der Waals surface area contributed by atoms with Crippen molar-refractivity contribution in [2.24, 2.45) is 0 Å². The normalized spacial score (nSPS) is 20.7. The van der Waals surface area contributed by atoms with Gasteiger partial charge in [-0.1, -0.05) is 35.3 Å². The average Bonchev–Trinajstić information content (AvgIpc) is 3.64. The van der Waals surface area contributed by atoms with Crippen molar-refractivity contribution in [2.45, 2.75) is 68.6 Å². The Hall–Kier alpha value is -3.37. The molecular weight excluding hydrogens is 674 g/mol. The lowest BCUT2D eigenvalue weighted by atomic mass is 9.92. The fraction of sp³-hybridized carbons (Fsp3) is 0.414. The number of hydrogen-bond donors (Lipinski definition) is 2. The Labute approximate surface area is 272 Å². The lowest BCUT2D eigenvalue weighted by Gasteiger charge is -2.29. The van der Waals surface area contributed by atoms with Crippen LogP contribution in [0.4, 0.5) is 24.8 Å². The van der Waals surface area contributed by atoms with Crippen molar-refractivity contribution in [2.75, 3.05) is 18.0 Å². The highest BCUT2D eigenvalue weighted by atomic mass is 35.5. The first-order valence-electron chi connectivity index (χ1n) is 14.1. The zero-order valence-electron chi connectivity index (χ0n) is 24.8. The molecule has 1 saturated heterocycles. The molecule has 46 heavy (non-hydrogen) atoms. The van der Waals surface area contributed by atoms with Crippen LogP contribution in [0, 0.1) is 0 Å². The number of hydrogen-bond acceptors (Lipinski definition) is 7. The van der Waals surface area contributed by atoms with E-state index in [2.05, 4.69) is 15.0 Å². The van der Waals surface area contributed by atoms with Gasteiger partial charge in [0.25, 0.3) is 15.9 Å². The van der Waals surface area contributed by atoms with Crippen molar-refractivity contribution in [3.63, 3.8) is 0 Å². The molecule has 2 amide bonds. The number of halogens is 5. The van der Waals surface area contributed by atoms with E-state index in [0.29, 0.717) is 12.0 Å². The molecule has 0 bridgehead atoms. The second-order valence-corrected chi connectivity index (χ2v) is 14.7. The molecule has 2 aromatic carbocycles. The van der Waals surface area contributed by atoms with Gasteiger partial charge in [-0.25, -0.2) is 18.3 Å². The number of fused-ring (bicyclic) bond motifs is 1. The van der Waals surface area contributed by atoms with Crippen LogP contribution < -0.4 is 15.0 Å². The molecule has 2 aliphatic rings. The molecule has 1 fully saturated rings. The van der Waals surface area contributed by atoms with E-state index in [1.165, 1.54) is 60.6 Å². The fourth-order valence-electron chi connectivity index (χ4n) is 5.65. The van der Waals surface area contributed by atoms with Crippen LogP contribution in [0.25, 0.3) is 0 Å². The number of anilines is 2. The van der Waals surface area contributed by atoms with Gasteiger partial charge >= 0.3 is 6.36 Å². The lowest BCUT2D eigenvalue weighted by molar-refractivity contribution is -0.274. The van der Waals surface area contributed by atoms with Gasteiger partial charge in [0, 0.05) is 29.6 Å². The van der Waals surface area contributed by atoms with Crippen molar-refractivity contribution < 1.29 is 41.0 Å². The van der Waals surface area contributed by atoms with E-state index in [1.807, 2.05) is 0 Å². The Morgan fingerprint density at radius 2 is 1.78 bits per heavy atom. The first-order valence-corrected chi connectivity index (χ1v) is 16.3. The maximum atomic E-state index is 14.3. The second-order valence-electron chi connectivity index (χ2n) is 11.9. The van der Waals surface area contributed by atoms with Gasteiger partial charge in [0.15, 0.2) is 5.03 Å². The highest BCUT2D eigenvalue weighted by Crippen LogP contribution is 2.45. The van der Waals surface area contributed by atoms with Gasteiger partial charge in [0.2, 0.25) is 11.9 Å². The van der Waals surface area contributed by atoms with Gasteiger partial charge in [-0.05, 0) is 69.5 Å². The average molecular weight is 705 g/mol. The van der Waals surface area contributed by atoms with Gasteiger partial charge < -0.3 is 15.2 Å². The number of nitrogens with zero attached hydrogens (tertiary/aromatic N) is 4. The zero-order valence-corrected chi connectivity index (χ0v) is 27.1. The molecule has 0 radical (unpaired) electrons. The molecule has 1 aromatic heterocycles. The maximum Gasteiger partial charge on any atom is 0.573 e. The van der Waals surface area contributed by atoms with Crippen LogP contribution in [-0.4, -0.2) is 70.3 Å². The summed E-state index contributed by atoms with van der Waals surface area (Å²) >= 11 is 12.5. The standard InChI is InChI=1S/C29H30Cl2F3N5O6S/c1-27(2,42)16-36-24(40)22-5-4-10-37(22)46(43,44)23-15-35-26-38(20-12-18(30)11-19(31)13-20)25(41)28(3,39(23)26)14-17-6-8-21(9-7-17)45-29(32,33)34/h6-9,11-13,15,22,42H,4-5,10,14,16H2,1-3H3,(H,36,40)/t22-,28+/m0/s1. The summed E-state index contributed by atoms with van der Waals surface area (Å²) in [4.78, 5) is 32.9. The quantitative estimate of drug-likeness (QED) is 0.328. The van der Waals surface area contributed by atoms with Crippen molar-refractivity contribution >= 4 is 56.7 Å². The Morgan fingerprint density at radius 3 is 2.37 bits per heavy atom. The molecule has 248 valence electrons. The van der Waals surface area contributed by atoms with Crippen LogP contribution in [0.5, 0.6) is 5.75 Å². The highest BCUT2D eigenvalue weighted by molar-refractivity contribution is 7.89. The van der Waals surface area contributed by atoms with E-state index in [9.17, 15) is 36.3 Å². The van der Waals surface area contributed by atoms with Gasteiger partial charge in [-0.2, -0.15) is 4.31 Å².